The molecule has 0 radical (unpaired) electrons. The maximum absolute atomic E-state index is 5.91. The van der Waals surface area contributed by atoms with E-state index in [2.05, 4.69) is 31.2 Å². The zero-order valence-corrected chi connectivity index (χ0v) is 14.4. The zero-order valence-electron chi connectivity index (χ0n) is 11.2. The van der Waals surface area contributed by atoms with E-state index >= 15 is 0 Å². The summed E-state index contributed by atoms with van der Waals surface area (Å²) in [4.78, 5) is 0. The van der Waals surface area contributed by atoms with E-state index < -0.39 is 0 Å². The average Bonchev–Trinajstić information content (AvgIpc) is 2.89. The van der Waals surface area contributed by atoms with E-state index in [0.717, 1.165) is 15.6 Å². The average molecular weight is 394 g/mol. The first-order valence-electron chi connectivity index (χ1n) is 6.37. The lowest BCUT2D eigenvalue weighted by Crippen LogP contribution is -1.95. The van der Waals surface area contributed by atoms with Crippen molar-refractivity contribution in [3.63, 3.8) is 0 Å². The van der Waals surface area contributed by atoms with Crippen LogP contribution in [0.1, 0.15) is 5.56 Å². The lowest BCUT2D eigenvalue weighted by Gasteiger charge is -2.01. The van der Waals surface area contributed by atoms with Crippen LogP contribution in [-0.2, 0) is 0 Å². The van der Waals surface area contributed by atoms with Gasteiger partial charge in [0.2, 0.25) is 4.77 Å². The van der Waals surface area contributed by atoms with Crippen molar-refractivity contribution in [1.29, 1.82) is 0 Å². The van der Waals surface area contributed by atoms with Gasteiger partial charge >= 0.3 is 0 Å². The Hall–Kier alpha value is -1.76. The summed E-state index contributed by atoms with van der Waals surface area (Å²) in [6.45, 7) is 0. The van der Waals surface area contributed by atoms with Gasteiger partial charge in [0.1, 0.15) is 0 Å². The van der Waals surface area contributed by atoms with Crippen molar-refractivity contribution in [1.82, 2.24) is 14.9 Å². The highest BCUT2D eigenvalue weighted by molar-refractivity contribution is 9.10. The number of H-pyrrole nitrogens is 1. The molecule has 22 heavy (non-hydrogen) atoms. The summed E-state index contributed by atoms with van der Waals surface area (Å²) < 4.78 is 3.03. The third-order valence-electron chi connectivity index (χ3n) is 2.95. The van der Waals surface area contributed by atoms with Gasteiger partial charge in [-0.15, -0.1) is 0 Å². The second-order valence-electron chi connectivity index (χ2n) is 4.47. The largest absolute Gasteiger partial charge is 0.250 e. The normalized spacial score (nSPS) is 11.2. The molecule has 7 heteroatoms. The summed E-state index contributed by atoms with van der Waals surface area (Å²) in [6, 6.07) is 15.2. The molecule has 0 unspecified atom stereocenters. The van der Waals surface area contributed by atoms with Crippen LogP contribution in [0.3, 0.4) is 0 Å². The van der Waals surface area contributed by atoms with Gasteiger partial charge in [-0.3, -0.25) is 0 Å². The standard InChI is InChI=1S/C15H10BrClN4S/c16-12-5-1-10(2-6-12)9-18-21-14(19-20-15(21)22)11-3-7-13(17)8-4-11/h1-9H,(H,20,22)/b18-9-. The first-order valence-corrected chi connectivity index (χ1v) is 7.95. The Kier molecular flexibility index (Phi) is 4.52. The van der Waals surface area contributed by atoms with E-state index in [0.29, 0.717) is 15.6 Å². The Morgan fingerprint density at radius 2 is 1.82 bits per heavy atom. The minimum atomic E-state index is 0.429. The van der Waals surface area contributed by atoms with E-state index in [9.17, 15) is 0 Å². The van der Waals surface area contributed by atoms with Gasteiger partial charge in [0.15, 0.2) is 5.82 Å². The van der Waals surface area contributed by atoms with Crippen LogP contribution < -0.4 is 0 Å². The number of aromatic amines is 1. The third-order valence-corrected chi connectivity index (χ3v) is 3.99. The van der Waals surface area contributed by atoms with Crippen LogP contribution in [0.15, 0.2) is 58.1 Å². The van der Waals surface area contributed by atoms with E-state index in [-0.39, 0.29) is 0 Å². The number of halogens is 2. The van der Waals surface area contributed by atoms with Crippen LogP contribution in [0.2, 0.25) is 5.02 Å². The monoisotopic (exact) mass is 392 g/mol. The van der Waals surface area contributed by atoms with E-state index in [4.69, 9.17) is 23.8 Å². The molecule has 0 saturated heterocycles. The molecular formula is C15H10BrClN4S. The minimum absolute atomic E-state index is 0.429. The second-order valence-corrected chi connectivity index (χ2v) is 6.21. The lowest BCUT2D eigenvalue weighted by molar-refractivity contribution is 0.871. The van der Waals surface area contributed by atoms with Crippen molar-refractivity contribution in [3.8, 4) is 11.4 Å². The van der Waals surface area contributed by atoms with Crippen LogP contribution in [0.25, 0.3) is 11.4 Å². The quantitative estimate of drug-likeness (QED) is 0.508. The molecule has 0 fully saturated rings. The topological polar surface area (TPSA) is 46.0 Å². The Bertz CT molecular complexity index is 866. The third kappa shape index (κ3) is 3.35. The highest BCUT2D eigenvalue weighted by Gasteiger charge is 2.07. The number of nitrogens with zero attached hydrogens (tertiary/aromatic N) is 3. The predicted octanol–water partition coefficient (Wildman–Crippen LogP) is 4.91. The van der Waals surface area contributed by atoms with Crippen molar-refractivity contribution >= 4 is 46.0 Å². The maximum Gasteiger partial charge on any atom is 0.216 e. The number of nitrogens with one attached hydrogen (secondary N) is 1. The lowest BCUT2D eigenvalue weighted by atomic mass is 10.2. The summed E-state index contributed by atoms with van der Waals surface area (Å²) in [5.41, 5.74) is 1.85. The van der Waals surface area contributed by atoms with Crippen LogP contribution in [-0.4, -0.2) is 21.1 Å². The van der Waals surface area contributed by atoms with Gasteiger partial charge in [-0.25, -0.2) is 5.10 Å². The molecule has 1 aromatic heterocycles. The maximum atomic E-state index is 5.91. The molecule has 0 aliphatic heterocycles. The summed E-state index contributed by atoms with van der Waals surface area (Å²) in [6.07, 6.45) is 1.73. The van der Waals surface area contributed by atoms with Crippen LogP contribution in [0.5, 0.6) is 0 Å². The smallest absolute Gasteiger partial charge is 0.216 e. The SMILES string of the molecule is S=c1[nH]nc(-c2ccc(Cl)cc2)n1/N=C\c1ccc(Br)cc1. The molecule has 0 atom stereocenters. The zero-order chi connectivity index (χ0) is 15.5. The Balaban J connectivity index is 1.97. The predicted molar refractivity (Wildman–Crippen MR) is 95.0 cm³/mol. The fraction of sp³-hybridized carbons (Fsp3) is 0. The van der Waals surface area contributed by atoms with E-state index in [1.807, 2.05) is 36.4 Å². The van der Waals surface area contributed by atoms with Crippen molar-refractivity contribution < 1.29 is 0 Å². The van der Waals surface area contributed by atoms with Crippen molar-refractivity contribution in [2.75, 3.05) is 0 Å². The van der Waals surface area contributed by atoms with E-state index in [1.54, 1.807) is 23.0 Å². The van der Waals surface area contributed by atoms with Crippen LogP contribution in [0.4, 0.5) is 0 Å². The molecule has 0 amide bonds. The molecule has 0 aliphatic rings. The Labute approximate surface area is 145 Å². The number of hydrogen-bond acceptors (Lipinski definition) is 3. The van der Waals surface area contributed by atoms with Gasteiger partial charge in [-0.1, -0.05) is 39.7 Å². The van der Waals surface area contributed by atoms with Crippen molar-refractivity contribution in [2.45, 2.75) is 0 Å². The first kappa shape index (κ1) is 15.1. The molecule has 0 spiro atoms. The number of aromatic nitrogens is 3. The molecule has 0 saturated carbocycles. The molecule has 2 aromatic carbocycles. The highest BCUT2D eigenvalue weighted by atomic mass is 79.9. The van der Waals surface area contributed by atoms with Gasteiger partial charge in [0.05, 0.1) is 6.21 Å². The van der Waals surface area contributed by atoms with Crippen molar-refractivity contribution in [2.24, 2.45) is 5.10 Å². The molecule has 110 valence electrons. The molecule has 3 rings (SSSR count). The minimum Gasteiger partial charge on any atom is -0.250 e. The van der Waals surface area contributed by atoms with Gasteiger partial charge in [-0.2, -0.15) is 14.9 Å². The van der Waals surface area contributed by atoms with Crippen molar-refractivity contribution in [3.05, 3.63) is 68.4 Å². The first-order chi connectivity index (χ1) is 10.6. The number of rotatable bonds is 3. The van der Waals surface area contributed by atoms with Gasteiger partial charge < -0.3 is 0 Å². The van der Waals surface area contributed by atoms with Crippen LogP contribution >= 0.6 is 39.7 Å². The van der Waals surface area contributed by atoms with Gasteiger partial charge in [0, 0.05) is 15.1 Å². The summed E-state index contributed by atoms with van der Waals surface area (Å²) in [5.74, 6) is 0.634. The molecular weight excluding hydrogens is 384 g/mol. The number of hydrogen-bond donors (Lipinski definition) is 1. The Morgan fingerprint density at radius 1 is 1.14 bits per heavy atom. The molecule has 1 N–H and O–H groups in total. The number of benzene rings is 2. The second kappa shape index (κ2) is 6.56. The fourth-order valence-electron chi connectivity index (χ4n) is 1.86. The summed E-state index contributed by atoms with van der Waals surface area (Å²) in [7, 11) is 0. The molecule has 4 nitrogen and oxygen atoms in total. The van der Waals surface area contributed by atoms with E-state index in [1.165, 1.54) is 0 Å². The Morgan fingerprint density at radius 3 is 2.50 bits per heavy atom. The van der Waals surface area contributed by atoms with Gasteiger partial charge in [0.25, 0.3) is 0 Å². The highest BCUT2D eigenvalue weighted by Crippen LogP contribution is 2.20. The molecule has 3 aromatic rings. The van der Waals surface area contributed by atoms with Crippen LogP contribution in [0, 0.1) is 4.77 Å². The molecule has 0 bridgehead atoms. The fourth-order valence-corrected chi connectivity index (χ4v) is 2.43. The molecule has 0 aliphatic carbocycles. The summed E-state index contributed by atoms with van der Waals surface area (Å²) >= 11 is 14.5. The molecule has 1 heterocycles. The van der Waals surface area contributed by atoms with Gasteiger partial charge in [-0.05, 0) is 54.2 Å². The summed E-state index contributed by atoms with van der Waals surface area (Å²) in [5, 5.41) is 12.1.